The molecule has 0 saturated heterocycles. The predicted molar refractivity (Wildman–Crippen MR) is 69.4 cm³/mol. The van der Waals surface area contributed by atoms with Crippen molar-refractivity contribution in [3.8, 4) is 0 Å². The molecule has 0 saturated carbocycles. The minimum atomic E-state index is -4.10. The van der Waals surface area contributed by atoms with Gasteiger partial charge >= 0.3 is 6.18 Å². The summed E-state index contributed by atoms with van der Waals surface area (Å²) in [5.74, 6) is 1.34. The Morgan fingerprint density at radius 1 is 1.11 bits per heavy atom. The quantitative estimate of drug-likeness (QED) is 0.751. The Kier molecular flexibility index (Phi) is 5.85. The van der Waals surface area contributed by atoms with E-state index in [4.69, 9.17) is 0 Å². The second-order valence-electron chi connectivity index (χ2n) is 4.08. The number of nitrogens with one attached hydrogen (secondary N) is 2. The molecule has 0 aliphatic heterocycles. The number of alkyl halides is 3. The van der Waals surface area contributed by atoms with Crippen molar-refractivity contribution >= 4 is 11.6 Å². The van der Waals surface area contributed by atoms with E-state index in [-0.39, 0.29) is 13.0 Å². The van der Waals surface area contributed by atoms with Gasteiger partial charge in [0, 0.05) is 25.1 Å². The number of nitrogens with zero attached hydrogens (tertiary/aromatic N) is 2. The van der Waals surface area contributed by atoms with E-state index in [1.807, 2.05) is 13.8 Å². The Morgan fingerprint density at radius 3 is 2.26 bits per heavy atom. The Hall–Kier alpha value is -1.53. The van der Waals surface area contributed by atoms with Crippen LogP contribution in [-0.4, -0.2) is 29.2 Å². The van der Waals surface area contributed by atoms with Crippen LogP contribution in [0.5, 0.6) is 0 Å². The van der Waals surface area contributed by atoms with E-state index in [0.29, 0.717) is 12.2 Å². The maximum Gasteiger partial charge on any atom is 0.389 e. The van der Waals surface area contributed by atoms with E-state index in [0.717, 1.165) is 17.9 Å². The Bertz CT molecular complexity index is 393. The van der Waals surface area contributed by atoms with Gasteiger partial charge in [0.2, 0.25) is 0 Å². The summed E-state index contributed by atoms with van der Waals surface area (Å²) in [5, 5.41) is 6.06. The van der Waals surface area contributed by atoms with Crippen molar-refractivity contribution < 1.29 is 13.2 Å². The molecule has 7 heteroatoms. The molecule has 0 unspecified atom stereocenters. The van der Waals surface area contributed by atoms with Crippen LogP contribution in [0.15, 0.2) is 6.33 Å². The molecule has 0 atom stereocenters. The summed E-state index contributed by atoms with van der Waals surface area (Å²) in [4.78, 5) is 8.21. The maximum absolute atomic E-state index is 12.0. The normalized spacial score (nSPS) is 11.4. The van der Waals surface area contributed by atoms with Gasteiger partial charge in [0.05, 0.1) is 0 Å². The second kappa shape index (κ2) is 7.16. The van der Waals surface area contributed by atoms with Crippen LogP contribution in [0.4, 0.5) is 24.8 Å². The Labute approximate surface area is 110 Å². The Morgan fingerprint density at radius 2 is 1.74 bits per heavy atom. The van der Waals surface area contributed by atoms with Crippen molar-refractivity contribution in [3.05, 3.63) is 11.9 Å². The van der Waals surface area contributed by atoms with E-state index in [1.54, 1.807) is 0 Å². The lowest BCUT2D eigenvalue weighted by Crippen LogP contribution is -2.13. The molecule has 1 aromatic rings. The molecule has 1 aromatic heterocycles. The first-order valence-electron chi connectivity index (χ1n) is 6.36. The van der Waals surface area contributed by atoms with Gasteiger partial charge in [0.15, 0.2) is 0 Å². The van der Waals surface area contributed by atoms with E-state index < -0.39 is 12.6 Å². The number of hydrogen-bond donors (Lipinski definition) is 2. The molecule has 1 heterocycles. The van der Waals surface area contributed by atoms with E-state index in [9.17, 15) is 13.2 Å². The van der Waals surface area contributed by atoms with Gasteiger partial charge in [-0.15, -0.1) is 0 Å². The van der Waals surface area contributed by atoms with Gasteiger partial charge < -0.3 is 10.6 Å². The summed E-state index contributed by atoms with van der Waals surface area (Å²) in [6.45, 7) is 4.89. The highest BCUT2D eigenvalue weighted by Gasteiger charge is 2.25. The van der Waals surface area contributed by atoms with Crippen molar-refractivity contribution in [1.82, 2.24) is 9.97 Å². The molecule has 1 rings (SSSR count). The first-order valence-corrected chi connectivity index (χ1v) is 6.36. The lowest BCUT2D eigenvalue weighted by molar-refractivity contribution is -0.134. The van der Waals surface area contributed by atoms with Gasteiger partial charge in [-0.1, -0.05) is 6.92 Å². The van der Waals surface area contributed by atoms with E-state index in [2.05, 4.69) is 20.6 Å². The zero-order chi connectivity index (χ0) is 14.3. The lowest BCUT2D eigenvalue weighted by Gasteiger charge is -2.14. The Balaban J connectivity index is 2.60. The summed E-state index contributed by atoms with van der Waals surface area (Å²) >= 11 is 0. The molecule has 2 N–H and O–H groups in total. The molecule has 108 valence electrons. The van der Waals surface area contributed by atoms with Crippen molar-refractivity contribution in [2.45, 2.75) is 39.3 Å². The zero-order valence-corrected chi connectivity index (χ0v) is 11.1. The second-order valence-corrected chi connectivity index (χ2v) is 4.08. The molecule has 0 aromatic carbocycles. The van der Waals surface area contributed by atoms with Crippen LogP contribution in [0.1, 0.15) is 32.3 Å². The summed E-state index contributed by atoms with van der Waals surface area (Å²) in [6.07, 6.45) is -2.73. The van der Waals surface area contributed by atoms with Crippen LogP contribution in [0.2, 0.25) is 0 Å². The minimum Gasteiger partial charge on any atom is -0.370 e. The third kappa shape index (κ3) is 5.32. The minimum absolute atomic E-state index is 0.0349. The fraction of sp³-hybridized carbons (Fsp3) is 0.667. The fourth-order valence-electron chi connectivity index (χ4n) is 1.71. The summed E-state index contributed by atoms with van der Waals surface area (Å²) < 4.78 is 36.1. The van der Waals surface area contributed by atoms with Gasteiger partial charge in [0.25, 0.3) is 0 Å². The van der Waals surface area contributed by atoms with Crippen LogP contribution < -0.4 is 10.6 Å². The fourth-order valence-corrected chi connectivity index (χ4v) is 1.71. The SMILES string of the molecule is CCNc1ncnc(NCCCC(F)(F)F)c1CC. The molecular formula is C12H19F3N4. The number of rotatable bonds is 7. The molecule has 0 aliphatic carbocycles. The van der Waals surface area contributed by atoms with Crippen molar-refractivity contribution in [3.63, 3.8) is 0 Å². The van der Waals surface area contributed by atoms with Crippen molar-refractivity contribution in [2.24, 2.45) is 0 Å². The van der Waals surface area contributed by atoms with Gasteiger partial charge in [0.1, 0.15) is 18.0 Å². The van der Waals surface area contributed by atoms with Gasteiger partial charge in [-0.3, -0.25) is 0 Å². The average molecular weight is 276 g/mol. The molecule has 0 radical (unpaired) electrons. The van der Waals surface area contributed by atoms with E-state index in [1.165, 1.54) is 6.33 Å². The summed E-state index contributed by atoms with van der Waals surface area (Å²) in [6, 6.07) is 0. The molecule has 0 aliphatic rings. The van der Waals surface area contributed by atoms with E-state index >= 15 is 0 Å². The van der Waals surface area contributed by atoms with Crippen molar-refractivity contribution in [1.29, 1.82) is 0 Å². The molecule has 0 bridgehead atoms. The molecule has 4 nitrogen and oxygen atoms in total. The monoisotopic (exact) mass is 276 g/mol. The number of aromatic nitrogens is 2. The predicted octanol–water partition coefficient (Wildman–Crippen LogP) is 3.23. The number of hydrogen-bond acceptors (Lipinski definition) is 4. The third-order valence-electron chi connectivity index (χ3n) is 2.57. The van der Waals surface area contributed by atoms with Crippen LogP contribution in [0.3, 0.4) is 0 Å². The first kappa shape index (κ1) is 15.5. The van der Waals surface area contributed by atoms with Crippen LogP contribution >= 0.6 is 0 Å². The topological polar surface area (TPSA) is 49.8 Å². The highest BCUT2D eigenvalue weighted by atomic mass is 19.4. The highest BCUT2D eigenvalue weighted by Crippen LogP contribution is 2.23. The molecule has 0 amide bonds. The van der Waals surface area contributed by atoms with Gasteiger partial charge in [-0.2, -0.15) is 13.2 Å². The molecule has 0 spiro atoms. The number of anilines is 2. The first-order chi connectivity index (χ1) is 8.98. The van der Waals surface area contributed by atoms with Crippen molar-refractivity contribution in [2.75, 3.05) is 23.7 Å². The smallest absolute Gasteiger partial charge is 0.370 e. The third-order valence-corrected chi connectivity index (χ3v) is 2.57. The lowest BCUT2D eigenvalue weighted by atomic mass is 10.2. The van der Waals surface area contributed by atoms with Crippen LogP contribution in [0, 0.1) is 0 Å². The van der Waals surface area contributed by atoms with Gasteiger partial charge in [-0.05, 0) is 19.8 Å². The summed E-state index contributed by atoms with van der Waals surface area (Å²) in [5.41, 5.74) is 0.899. The molecule has 19 heavy (non-hydrogen) atoms. The number of halogens is 3. The zero-order valence-electron chi connectivity index (χ0n) is 11.1. The summed E-state index contributed by atoms with van der Waals surface area (Å²) in [7, 11) is 0. The van der Waals surface area contributed by atoms with Crippen LogP contribution in [-0.2, 0) is 6.42 Å². The standard InChI is InChI=1S/C12H19F3N4/c1-3-9-10(16-4-2)18-8-19-11(9)17-7-5-6-12(13,14)15/h8H,3-7H2,1-2H3,(H2,16,17,18,19). The molecular weight excluding hydrogens is 257 g/mol. The van der Waals surface area contributed by atoms with Crippen LogP contribution in [0.25, 0.3) is 0 Å². The largest absolute Gasteiger partial charge is 0.389 e. The maximum atomic E-state index is 12.0. The molecule has 0 fully saturated rings. The average Bonchev–Trinajstić information content (AvgIpc) is 2.34. The highest BCUT2D eigenvalue weighted by molar-refractivity contribution is 5.57. The van der Waals surface area contributed by atoms with Gasteiger partial charge in [-0.25, -0.2) is 9.97 Å².